The highest BCUT2D eigenvalue weighted by atomic mass is 16.8. The molecule has 476 valence electrons. The van der Waals surface area contributed by atoms with E-state index in [2.05, 4.69) is 25.9 Å². The Hall–Kier alpha value is -8.35. The maximum atomic E-state index is 14.5. The number of aliphatic hydroxyl groups excluding tert-OH is 5. The van der Waals surface area contributed by atoms with E-state index in [4.69, 9.17) is 29.2 Å². The Labute approximate surface area is 508 Å². The molecule has 14 unspecified atom stereocenters. The number of carboxylic acid groups (broad SMARTS) is 1. The Balaban J connectivity index is 1.20. The molecule has 0 bridgehead atoms. The molecule has 27 nitrogen and oxygen atoms in total. The van der Waals surface area contributed by atoms with Gasteiger partial charge >= 0.3 is 11.9 Å². The van der Waals surface area contributed by atoms with Crippen LogP contribution < -0.4 is 36.7 Å². The number of guanidine groups is 1. The van der Waals surface area contributed by atoms with Crippen LogP contribution in [0.25, 0.3) is 44.3 Å². The van der Waals surface area contributed by atoms with E-state index in [0.29, 0.717) is 59.4 Å². The Morgan fingerprint density at radius 3 is 2.43 bits per heavy atom. The first-order valence-corrected chi connectivity index (χ1v) is 29.0. The molecule has 3 aromatic heterocycles. The van der Waals surface area contributed by atoms with E-state index in [0.717, 1.165) is 17.5 Å². The zero-order chi connectivity index (χ0) is 64.0. The summed E-state index contributed by atoms with van der Waals surface area (Å²) in [5, 5.41) is 114. The average molecular weight is 1240 g/mol. The molecular formula is C62H73N7O20. The van der Waals surface area contributed by atoms with E-state index < -0.39 is 134 Å². The lowest BCUT2D eigenvalue weighted by molar-refractivity contribution is -0.400. The van der Waals surface area contributed by atoms with Gasteiger partial charge in [-0.05, 0) is 93.5 Å². The van der Waals surface area contributed by atoms with Crippen LogP contribution in [0.5, 0.6) is 11.5 Å². The molecule has 89 heavy (non-hydrogen) atoms. The van der Waals surface area contributed by atoms with Crippen molar-refractivity contribution in [1.82, 2.24) is 25.7 Å². The number of rotatable bonds is 27. The molecule has 0 radical (unpaired) electrons. The number of allylic oxidation sites excluding steroid dienone is 1. The van der Waals surface area contributed by atoms with Crippen molar-refractivity contribution >= 4 is 58.6 Å². The van der Waals surface area contributed by atoms with Crippen LogP contribution in [0, 0.1) is 31.6 Å². The number of hydrogen-bond acceptors (Lipinski definition) is 22. The summed E-state index contributed by atoms with van der Waals surface area (Å²) in [7, 11) is 0. The van der Waals surface area contributed by atoms with Crippen LogP contribution in [0.3, 0.4) is 0 Å². The summed E-state index contributed by atoms with van der Waals surface area (Å²) < 4.78 is 26.3. The van der Waals surface area contributed by atoms with Gasteiger partial charge in [-0.25, -0.2) is 14.6 Å². The molecule has 14 atom stereocenters. The number of esters is 1. The number of phenols is 1. The number of aliphatic carboxylic acids is 1. The topological polar surface area (TPSA) is 430 Å². The molecule has 0 spiro atoms. The third kappa shape index (κ3) is 13.1. The number of aliphatic imine (C=N–C) groups is 1. The van der Waals surface area contributed by atoms with Crippen molar-refractivity contribution in [2.45, 2.75) is 118 Å². The smallest absolute Gasteiger partial charge is 0.337 e. The van der Waals surface area contributed by atoms with Gasteiger partial charge in [-0.15, -0.1) is 0 Å². The predicted molar refractivity (Wildman–Crippen MR) is 318 cm³/mol. The first-order valence-electron chi connectivity index (χ1n) is 29.0. The predicted octanol–water partition coefficient (Wildman–Crippen LogP) is 0.377. The van der Waals surface area contributed by atoms with Crippen molar-refractivity contribution < 1.29 is 93.4 Å². The number of phenolic OH excluding ortho intramolecular Hbond substituents is 1. The average Bonchev–Trinajstić information content (AvgIpc) is 0.743. The van der Waals surface area contributed by atoms with E-state index in [1.54, 1.807) is 18.3 Å². The van der Waals surface area contributed by atoms with E-state index in [9.17, 15) is 74.7 Å². The lowest BCUT2D eigenvalue weighted by Gasteiger charge is -2.59. The number of carbonyl (C=O) groups is 5. The van der Waals surface area contributed by atoms with Crippen LogP contribution in [0.1, 0.15) is 49.7 Å². The molecule has 15 N–H and O–H groups in total. The van der Waals surface area contributed by atoms with Gasteiger partial charge in [0.05, 0.1) is 47.4 Å². The fourth-order valence-electron chi connectivity index (χ4n) is 12.5. The van der Waals surface area contributed by atoms with Crippen molar-refractivity contribution in [2.75, 3.05) is 32.9 Å². The molecule has 2 aliphatic carbocycles. The van der Waals surface area contributed by atoms with Gasteiger partial charge in [-0.3, -0.25) is 10.1 Å². The monoisotopic (exact) mass is 1240 g/mol. The molecule has 3 aliphatic rings. The fraction of sp³-hybridized carbons (Fsp3) is 0.435. The van der Waals surface area contributed by atoms with Crippen molar-refractivity contribution in [1.29, 1.82) is 0 Å². The number of nitrogens with zero attached hydrogens (tertiary/aromatic N) is 2. The molecule has 4 heterocycles. The molecule has 27 heteroatoms. The normalized spacial score (nSPS) is 26.1. The van der Waals surface area contributed by atoms with Crippen molar-refractivity contribution in [3.05, 3.63) is 119 Å². The molecule has 2 fully saturated rings. The van der Waals surface area contributed by atoms with Gasteiger partial charge in [-0.2, -0.15) is 4.73 Å². The van der Waals surface area contributed by atoms with Gasteiger partial charge in [0.1, 0.15) is 60.5 Å². The highest BCUT2D eigenvalue weighted by Crippen LogP contribution is 2.48. The summed E-state index contributed by atoms with van der Waals surface area (Å²) >= 11 is 0. The molecule has 0 amide bonds. The number of nitrogens with two attached hydrogens (primary N) is 1. The quantitative estimate of drug-likeness (QED) is 0.00484. The number of aromatic hydroxyl groups is 1. The van der Waals surface area contributed by atoms with E-state index in [1.807, 2.05) is 38.1 Å². The van der Waals surface area contributed by atoms with Gasteiger partial charge in [0.15, 0.2) is 28.7 Å². The zero-order valence-electron chi connectivity index (χ0n) is 48.6. The van der Waals surface area contributed by atoms with E-state index in [1.165, 1.54) is 59.7 Å². The SMILES string of the molecule is Cc1cc(C)cc(-c2c3[nH]ccc3cn2OC2C(Oc3ccc4c(=O)c(-c5ccc(O)cc5)coc4c3)OC(C(CO)(NC(N)=NC(C=O)CNC3CCCC4C=CC(C=O)C(O)C43)OC(=O)C(NCCC=O)C(=O)O)C(O)(CO)C2(O)C(O)CCCO)c1. The van der Waals surface area contributed by atoms with Gasteiger partial charge in [0, 0.05) is 61.3 Å². The Morgan fingerprint density at radius 2 is 1.75 bits per heavy atom. The second-order valence-corrected chi connectivity index (χ2v) is 22.8. The van der Waals surface area contributed by atoms with Crippen molar-refractivity contribution in [3.63, 3.8) is 0 Å². The standard InChI is InChI=1S/C62H73N7O20/c1-33-22-34(2)24-39(23-33)51-49-37(17-19-65-49)27-69(51)89-54-57(86-42-15-16-43-46(25-42)85-30-44(53(43)79)35-11-13-41(76)14-12-35)87-58(60(83,31-74)62(54,84)47(77)8-4-20-70)61(32-75,88-56(82)50(55(80)81)64-18-5-21-71)68-59(63)67-40(29-73)26-66-45-7-3-6-36-9-10-38(28-72)52(78)48(36)45/h9-17,19,21-25,27-30,36,38,40,45,47-48,50,52,54,57-58,64-66,70,74-78,83-84H,3-8,18,20,26,31-32H2,1-2H3,(H,80,81)(H3,63,67,68). The number of hydrogen-bond donors (Lipinski definition) is 14. The first kappa shape index (κ1) is 65.1. The zero-order valence-corrected chi connectivity index (χ0v) is 48.6. The van der Waals surface area contributed by atoms with Gasteiger partial charge in [0.25, 0.3) is 0 Å². The summed E-state index contributed by atoms with van der Waals surface area (Å²) in [5.74, 6) is -6.20. The summed E-state index contributed by atoms with van der Waals surface area (Å²) in [6, 6.07) is 12.6. The number of benzene rings is 3. The number of aldehydes is 3. The number of fused-ring (bicyclic) bond motifs is 3. The largest absolute Gasteiger partial charge is 0.508 e. The van der Waals surface area contributed by atoms with Crippen LogP contribution >= 0.6 is 0 Å². The third-order valence-electron chi connectivity index (χ3n) is 16.8. The number of carboxylic acids is 1. The van der Waals surface area contributed by atoms with Crippen LogP contribution in [0.15, 0.2) is 112 Å². The maximum Gasteiger partial charge on any atom is 0.337 e. The number of H-pyrrole nitrogens is 1. The molecule has 1 saturated carbocycles. The number of aryl methyl sites for hydroxylation is 2. The van der Waals surface area contributed by atoms with Crippen molar-refractivity contribution in [2.24, 2.45) is 28.5 Å². The Morgan fingerprint density at radius 1 is 1.00 bits per heavy atom. The molecule has 1 saturated heterocycles. The molecule has 9 rings (SSSR count). The molecule has 3 aromatic carbocycles. The lowest BCUT2D eigenvalue weighted by Crippen LogP contribution is -2.86. The number of aliphatic hydroxyl groups is 7. The summed E-state index contributed by atoms with van der Waals surface area (Å²) in [5.41, 5.74) is -0.875. The second kappa shape index (κ2) is 27.6. The minimum absolute atomic E-state index is 0.0196. The van der Waals surface area contributed by atoms with Crippen LogP contribution in [-0.2, 0) is 33.4 Å². The summed E-state index contributed by atoms with van der Waals surface area (Å²) in [4.78, 5) is 91.9. The fourth-order valence-corrected chi connectivity index (χ4v) is 12.5. The Bertz CT molecular complexity index is 3620. The number of nitrogens with one attached hydrogen (secondary N) is 4. The van der Waals surface area contributed by atoms with Gasteiger partial charge in [-0.1, -0.05) is 47.9 Å². The number of carbonyl (C=O) groups excluding carboxylic acids is 4. The molecule has 1 aliphatic heterocycles. The summed E-state index contributed by atoms with van der Waals surface area (Å²) in [6.07, 6.45) is -0.798. The van der Waals surface area contributed by atoms with Gasteiger partial charge < -0.3 is 105 Å². The van der Waals surface area contributed by atoms with E-state index >= 15 is 0 Å². The minimum Gasteiger partial charge on any atom is -0.508 e. The Kier molecular flexibility index (Phi) is 20.2. The van der Waals surface area contributed by atoms with Gasteiger partial charge in [0.2, 0.25) is 24.2 Å². The maximum absolute atomic E-state index is 14.5. The number of aromatic amines is 1. The third-order valence-corrected chi connectivity index (χ3v) is 16.8. The van der Waals surface area contributed by atoms with Crippen LogP contribution in [0.2, 0.25) is 0 Å². The second-order valence-electron chi connectivity index (χ2n) is 22.8. The first-order chi connectivity index (χ1) is 42.7. The lowest BCUT2D eigenvalue weighted by atomic mass is 9.66. The van der Waals surface area contributed by atoms with Crippen molar-refractivity contribution in [3.8, 4) is 33.9 Å². The van der Waals surface area contributed by atoms with Crippen LogP contribution in [-0.4, -0.2) is 191 Å². The van der Waals surface area contributed by atoms with E-state index in [-0.39, 0.29) is 53.3 Å². The van der Waals surface area contributed by atoms with Crippen LogP contribution in [0.4, 0.5) is 0 Å². The summed E-state index contributed by atoms with van der Waals surface area (Å²) in [6.45, 7) is -0.979. The molecular weight excluding hydrogens is 1160 g/mol. The number of ether oxygens (including phenoxy) is 3. The minimum atomic E-state index is -3.57. The highest BCUT2D eigenvalue weighted by molar-refractivity contribution is 5.99. The highest BCUT2D eigenvalue weighted by Gasteiger charge is 2.75. The molecule has 6 aromatic rings. The number of aromatic nitrogens is 2.